The molecule has 2 aromatic heterocycles. The molecule has 0 radical (unpaired) electrons. The van der Waals surface area contributed by atoms with Gasteiger partial charge in [-0.15, -0.1) is 11.8 Å². The van der Waals surface area contributed by atoms with Crippen LogP contribution in [0.5, 0.6) is 5.75 Å². The molecule has 0 saturated carbocycles. The number of anilines is 1. The van der Waals surface area contributed by atoms with Gasteiger partial charge in [-0.1, -0.05) is 29.8 Å². The molecule has 2 aromatic carbocycles. The molecule has 4 aromatic rings. The van der Waals surface area contributed by atoms with Gasteiger partial charge in [-0.3, -0.25) is 14.4 Å². The molecular formula is C29H30N4O4S. The largest absolute Gasteiger partial charge is 0.475 e. The van der Waals surface area contributed by atoms with Crippen LogP contribution in [0, 0.1) is 6.92 Å². The summed E-state index contributed by atoms with van der Waals surface area (Å²) in [5, 5.41) is 3.53. The van der Waals surface area contributed by atoms with Crippen molar-refractivity contribution >= 4 is 40.2 Å². The van der Waals surface area contributed by atoms with Gasteiger partial charge in [0.25, 0.3) is 17.4 Å². The molecule has 0 bridgehead atoms. The number of aryl methyl sites for hydroxylation is 2. The van der Waals surface area contributed by atoms with Gasteiger partial charge in [-0.05, 0) is 50.8 Å². The highest BCUT2D eigenvalue weighted by Gasteiger charge is 2.41. The van der Waals surface area contributed by atoms with E-state index in [0.29, 0.717) is 34.6 Å². The number of aromatic nitrogens is 2. The average Bonchev–Trinajstić information content (AvgIpc) is 3.35. The smallest absolute Gasteiger partial charge is 0.274 e. The molecule has 9 heteroatoms. The highest BCUT2D eigenvalue weighted by Crippen LogP contribution is 2.47. The van der Waals surface area contributed by atoms with Crippen LogP contribution in [0.2, 0.25) is 0 Å². The molecule has 0 unspecified atom stereocenters. The van der Waals surface area contributed by atoms with Crippen LogP contribution in [0.15, 0.2) is 58.4 Å². The molecule has 2 amide bonds. The van der Waals surface area contributed by atoms with Crippen molar-refractivity contribution in [2.75, 3.05) is 18.2 Å². The van der Waals surface area contributed by atoms with E-state index >= 15 is 0 Å². The van der Waals surface area contributed by atoms with E-state index in [9.17, 15) is 14.4 Å². The number of amides is 2. The Morgan fingerprint density at radius 3 is 2.47 bits per heavy atom. The molecule has 196 valence electrons. The van der Waals surface area contributed by atoms with Gasteiger partial charge in [-0.25, -0.2) is 0 Å². The lowest BCUT2D eigenvalue weighted by Crippen LogP contribution is -2.51. The number of benzene rings is 2. The summed E-state index contributed by atoms with van der Waals surface area (Å²) >= 11 is 1.55. The number of H-pyrrole nitrogens is 1. The lowest BCUT2D eigenvalue weighted by molar-refractivity contribution is -0.132. The minimum absolute atomic E-state index is 0.144. The maximum atomic E-state index is 13.1. The van der Waals surface area contributed by atoms with Crippen LogP contribution in [0.4, 0.5) is 5.69 Å². The highest BCUT2D eigenvalue weighted by molar-refractivity contribution is 7.98. The van der Waals surface area contributed by atoms with E-state index in [1.807, 2.05) is 49.6 Å². The summed E-state index contributed by atoms with van der Waals surface area (Å²) in [7, 11) is 3.41. The van der Waals surface area contributed by atoms with Crippen LogP contribution in [0.25, 0.3) is 22.0 Å². The predicted octanol–water partition coefficient (Wildman–Crippen LogP) is 4.63. The number of likely N-dealkylation sites (N-methyl/N-ethyl adjacent to an activating group) is 1. The van der Waals surface area contributed by atoms with E-state index in [1.165, 1.54) is 4.57 Å². The molecule has 1 aliphatic rings. The monoisotopic (exact) mass is 530 g/mol. The Kier molecular flexibility index (Phi) is 6.35. The van der Waals surface area contributed by atoms with Gasteiger partial charge in [-0.2, -0.15) is 0 Å². The average molecular weight is 531 g/mol. The van der Waals surface area contributed by atoms with Gasteiger partial charge in [0.15, 0.2) is 11.4 Å². The predicted molar refractivity (Wildman–Crippen MR) is 151 cm³/mol. The third kappa shape index (κ3) is 4.36. The van der Waals surface area contributed by atoms with Gasteiger partial charge >= 0.3 is 0 Å². The van der Waals surface area contributed by atoms with Crippen molar-refractivity contribution in [1.82, 2.24) is 14.9 Å². The Hall–Kier alpha value is -3.98. The number of thioether (sulfide) groups is 1. The fourth-order valence-electron chi connectivity index (χ4n) is 4.73. The zero-order valence-corrected chi connectivity index (χ0v) is 23.1. The number of rotatable bonds is 5. The summed E-state index contributed by atoms with van der Waals surface area (Å²) in [5.74, 6) is 0.104. The molecule has 38 heavy (non-hydrogen) atoms. The Morgan fingerprint density at radius 1 is 1.08 bits per heavy atom. The molecule has 0 saturated heterocycles. The van der Waals surface area contributed by atoms with E-state index in [0.717, 1.165) is 27.1 Å². The molecular weight excluding hydrogens is 500 g/mol. The second-order valence-electron chi connectivity index (χ2n) is 10.1. The van der Waals surface area contributed by atoms with Crippen LogP contribution in [0.1, 0.15) is 35.5 Å². The second-order valence-corrected chi connectivity index (χ2v) is 11.0. The minimum Gasteiger partial charge on any atom is -0.475 e. The van der Waals surface area contributed by atoms with Crippen LogP contribution in [-0.4, -0.2) is 40.3 Å². The summed E-state index contributed by atoms with van der Waals surface area (Å²) in [6, 6.07) is 13.6. The number of nitrogens with one attached hydrogen (secondary N) is 2. The maximum Gasteiger partial charge on any atom is 0.274 e. The van der Waals surface area contributed by atoms with Gasteiger partial charge in [0, 0.05) is 48.2 Å². The van der Waals surface area contributed by atoms with E-state index in [2.05, 4.69) is 10.3 Å². The minimum atomic E-state index is -1.06. The second kappa shape index (κ2) is 9.40. The van der Waals surface area contributed by atoms with E-state index in [-0.39, 0.29) is 17.4 Å². The first-order valence-electron chi connectivity index (χ1n) is 12.3. The molecule has 0 fully saturated rings. The maximum absolute atomic E-state index is 13.1. The number of fused-ring (bicyclic) bond motifs is 2. The third-order valence-electron chi connectivity index (χ3n) is 6.89. The van der Waals surface area contributed by atoms with E-state index in [1.54, 1.807) is 56.9 Å². The number of aromatic amines is 1. The summed E-state index contributed by atoms with van der Waals surface area (Å²) in [6.07, 6.45) is 3.71. The van der Waals surface area contributed by atoms with Crippen molar-refractivity contribution in [3.8, 4) is 16.9 Å². The number of carbonyl (C=O) groups excluding carboxylic acids is 2. The van der Waals surface area contributed by atoms with E-state index in [4.69, 9.17) is 4.74 Å². The van der Waals surface area contributed by atoms with Crippen LogP contribution < -0.4 is 20.5 Å². The highest BCUT2D eigenvalue weighted by atomic mass is 32.2. The summed E-state index contributed by atoms with van der Waals surface area (Å²) in [6.45, 7) is 5.86. The quantitative estimate of drug-likeness (QED) is 0.367. The summed E-state index contributed by atoms with van der Waals surface area (Å²) in [5.41, 5.74) is 3.57. The molecule has 1 aliphatic heterocycles. The molecule has 0 atom stereocenters. The molecule has 0 spiro atoms. The number of pyridine rings is 1. The Balaban J connectivity index is 1.63. The van der Waals surface area contributed by atoms with Gasteiger partial charge in [0.1, 0.15) is 11.2 Å². The third-order valence-corrected chi connectivity index (χ3v) is 7.60. The SMILES string of the molecule is CSc1cc(-c2cn(C)c(=O)c3[nH]c(C(=O)NCc4ccc(C)cc4)cc23)c2c(c1)N(C)C(=O)C(C)(C)O2. The fraction of sp³-hybridized carbons (Fsp3) is 0.276. The fourth-order valence-corrected chi connectivity index (χ4v) is 5.19. The number of hydrogen-bond donors (Lipinski definition) is 2. The lowest BCUT2D eigenvalue weighted by atomic mass is 9.97. The van der Waals surface area contributed by atoms with Crippen LogP contribution in [-0.2, 0) is 18.4 Å². The van der Waals surface area contributed by atoms with Crippen molar-refractivity contribution in [2.45, 2.75) is 37.8 Å². The molecule has 3 heterocycles. The van der Waals surface area contributed by atoms with Crippen molar-refractivity contribution in [2.24, 2.45) is 7.05 Å². The molecule has 5 rings (SSSR count). The van der Waals surface area contributed by atoms with Gasteiger partial charge in [0.2, 0.25) is 0 Å². The van der Waals surface area contributed by atoms with E-state index < -0.39 is 5.60 Å². The Bertz CT molecular complexity index is 1650. The first-order chi connectivity index (χ1) is 18.0. The lowest BCUT2D eigenvalue weighted by Gasteiger charge is -2.38. The summed E-state index contributed by atoms with van der Waals surface area (Å²) in [4.78, 5) is 44.7. The first kappa shape index (κ1) is 25.7. The van der Waals surface area contributed by atoms with Crippen molar-refractivity contribution in [1.29, 1.82) is 0 Å². The number of nitrogens with zero attached hydrogens (tertiary/aromatic N) is 2. The van der Waals surface area contributed by atoms with Crippen LogP contribution >= 0.6 is 11.8 Å². The van der Waals surface area contributed by atoms with Crippen molar-refractivity contribution < 1.29 is 14.3 Å². The molecule has 8 nitrogen and oxygen atoms in total. The zero-order chi connectivity index (χ0) is 27.4. The molecule has 2 N–H and O–H groups in total. The standard InChI is InChI=1S/C29H30N4O4S/c1-16-7-9-17(10-8-16)14-30-26(34)22-13-19-21(15-32(4)27(35)24(19)31-22)20-11-18(38-6)12-23-25(20)37-29(2,3)28(36)33(23)5/h7-13,15,31H,14H2,1-6H3,(H,30,34). The molecule has 0 aliphatic carbocycles. The van der Waals surface area contributed by atoms with Crippen molar-refractivity contribution in [3.05, 3.63) is 75.8 Å². The zero-order valence-electron chi connectivity index (χ0n) is 22.3. The topological polar surface area (TPSA) is 96.4 Å². The number of hydrogen-bond acceptors (Lipinski definition) is 5. The van der Waals surface area contributed by atoms with Crippen molar-refractivity contribution in [3.63, 3.8) is 0 Å². The Morgan fingerprint density at radius 2 is 1.79 bits per heavy atom. The summed E-state index contributed by atoms with van der Waals surface area (Å²) < 4.78 is 7.77. The van der Waals surface area contributed by atoms with Gasteiger partial charge < -0.3 is 24.5 Å². The number of carbonyl (C=O) groups is 2. The normalized spacial score (nSPS) is 14.4. The number of ether oxygens (including phenoxy) is 1. The van der Waals surface area contributed by atoms with Crippen LogP contribution in [0.3, 0.4) is 0 Å². The van der Waals surface area contributed by atoms with Gasteiger partial charge in [0.05, 0.1) is 5.69 Å². The first-order valence-corrected chi connectivity index (χ1v) is 13.5. The Labute approximate surface area is 225 Å².